The normalized spacial score (nSPS) is 11.0. The van der Waals surface area contributed by atoms with Gasteiger partial charge in [0.1, 0.15) is 12.4 Å². The van der Waals surface area contributed by atoms with Crippen molar-refractivity contribution in [3.63, 3.8) is 0 Å². The van der Waals surface area contributed by atoms with Crippen molar-refractivity contribution in [2.75, 3.05) is 18.5 Å². The molecule has 0 spiro atoms. The second-order valence-electron chi connectivity index (χ2n) is 5.29. The minimum absolute atomic E-state index is 0.137. The summed E-state index contributed by atoms with van der Waals surface area (Å²) in [6, 6.07) is 11.5. The van der Waals surface area contributed by atoms with Gasteiger partial charge in [0.25, 0.3) is 5.91 Å². The topological polar surface area (TPSA) is 62.7 Å². The van der Waals surface area contributed by atoms with Crippen LogP contribution in [-0.4, -0.2) is 25.3 Å². The summed E-state index contributed by atoms with van der Waals surface area (Å²) in [4.78, 5) is 11.7. The van der Waals surface area contributed by atoms with E-state index in [1.807, 2.05) is 0 Å². The van der Waals surface area contributed by atoms with Gasteiger partial charge in [-0.15, -0.1) is 6.42 Å². The third-order valence-electron chi connectivity index (χ3n) is 3.23. The number of hydrogen-bond acceptors (Lipinski definition) is 4. The molecular weight excluding hydrogens is 359 g/mol. The molecule has 0 heterocycles. The Morgan fingerprint density at radius 1 is 1.22 bits per heavy atom. The van der Waals surface area contributed by atoms with Gasteiger partial charge in [-0.1, -0.05) is 24.1 Å². The number of anilines is 1. The van der Waals surface area contributed by atoms with E-state index in [0.717, 1.165) is 12.1 Å². The van der Waals surface area contributed by atoms with E-state index in [4.69, 9.17) is 11.2 Å². The van der Waals surface area contributed by atoms with Crippen molar-refractivity contribution in [2.45, 2.75) is 6.18 Å². The number of hydrazone groups is 1. The van der Waals surface area contributed by atoms with Crippen LogP contribution in [0.1, 0.15) is 11.1 Å². The molecule has 0 aliphatic rings. The highest BCUT2D eigenvalue weighted by Gasteiger charge is 2.30. The predicted molar refractivity (Wildman–Crippen MR) is 96.4 cm³/mol. The lowest BCUT2D eigenvalue weighted by molar-refractivity contribution is -0.137. The SMILES string of the molecule is C#CCOc1cccc(/C=N\NC(=O)CNc2cccc(C(F)(F)F)c2)c1. The van der Waals surface area contributed by atoms with Crippen LogP contribution in [0.2, 0.25) is 0 Å². The number of nitrogens with one attached hydrogen (secondary N) is 2. The molecule has 0 aromatic heterocycles. The molecule has 0 bridgehead atoms. The molecule has 0 saturated heterocycles. The fraction of sp³-hybridized carbons (Fsp3) is 0.158. The molecule has 27 heavy (non-hydrogen) atoms. The fourth-order valence-electron chi connectivity index (χ4n) is 2.02. The monoisotopic (exact) mass is 375 g/mol. The summed E-state index contributed by atoms with van der Waals surface area (Å²) in [5.74, 6) is 2.40. The molecule has 2 N–H and O–H groups in total. The van der Waals surface area contributed by atoms with Gasteiger partial charge in [0.15, 0.2) is 0 Å². The maximum Gasteiger partial charge on any atom is 0.416 e. The Labute approximate surface area is 154 Å². The Morgan fingerprint density at radius 2 is 2.00 bits per heavy atom. The molecule has 0 aliphatic heterocycles. The first kappa shape index (κ1) is 19.8. The second kappa shape index (κ2) is 9.29. The molecule has 2 aromatic rings. The lowest BCUT2D eigenvalue weighted by Crippen LogP contribution is -2.26. The van der Waals surface area contributed by atoms with Gasteiger partial charge in [0.2, 0.25) is 0 Å². The van der Waals surface area contributed by atoms with Gasteiger partial charge in [0, 0.05) is 5.69 Å². The maximum absolute atomic E-state index is 12.6. The molecular formula is C19H16F3N3O2. The number of carbonyl (C=O) groups is 1. The highest BCUT2D eigenvalue weighted by molar-refractivity contribution is 5.84. The zero-order chi connectivity index (χ0) is 19.7. The van der Waals surface area contributed by atoms with E-state index in [2.05, 4.69) is 21.8 Å². The summed E-state index contributed by atoms with van der Waals surface area (Å²) < 4.78 is 43.2. The summed E-state index contributed by atoms with van der Waals surface area (Å²) in [6.07, 6.45) is 2.08. The average Bonchev–Trinajstić information content (AvgIpc) is 2.65. The molecule has 0 radical (unpaired) electrons. The van der Waals surface area contributed by atoms with Crippen LogP contribution in [0.5, 0.6) is 5.75 Å². The Morgan fingerprint density at radius 3 is 2.74 bits per heavy atom. The quantitative estimate of drug-likeness (QED) is 0.444. The van der Waals surface area contributed by atoms with Gasteiger partial charge in [-0.25, -0.2) is 5.43 Å². The number of rotatable bonds is 7. The smallest absolute Gasteiger partial charge is 0.416 e. The van der Waals surface area contributed by atoms with Crippen molar-refractivity contribution in [3.05, 3.63) is 59.7 Å². The molecule has 8 heteroatoms. The standard InChI is InChI=1S/C19H16F3N3O2/c1-2-9-27-17-8-3-5-14(10-17)12-24-25-18(26)13-23-16-7-4-6-15(11-16)19(20,21)22/h1,3-8,10-12,23H,9,13H2,(H,25,26)/b24-12-. The highest BCUT2D eigenvalue weighted by Crippen LogP contribution is 2.30. The van der Waals surface area contributed by atoms with Crippen molar-refractivity contribution in [1.29, 1.82) is 0 Å². The number of benzene rings is 2. The summed E-state index contributed by atoms with van der Waals surface area (Å²) in [5.41, 5.74) is 2.35. The van der Waals surface area contributed by atoms with Crippen molar-refractivity contribution in [2.24, 2.45) is 5.10 Å². The number of carbonyl (C=O) groups excluding carboxylic acids is 1. The lowest BCUT2D eigenvalue weighted by atomic mass is 10.2. The first-order chi connectivity index (χ1) is 12.9. The molecule has 2 rings (SSSR count). The second-order valence-corrected chi connectivity index (χ2v) is 5.29. The third kappa shape index (κ3) is 6.74. The van der Waals surface area contributed by atoms with Crippen molar-refractivity contribution >= 4 is 17.8 Å². The van der Waals surface area contributed by atoms with Crippen LogP contribution in [0.15, 0.2) is 53.6 Å². The van der Waals surface area contributed by atoms with Gasteiger partial charge in [0.05, 0.1) is 18.3 Å². The van der Waals surface area contributed by atoms with E-state index < -0.39 is 17.6 Å². The van der Waals surface area contributed by atoms with Gasteiger partial charge < -0.3 is 10.1 Å². The Balaban J connectivity index is 1.84. The largest absolute Gasteiger partial charge is 0.481 e. The van der Waals surface area contributed by atoms with Crippen molar-refractivity contribution in [3.8, 4) is 18.1 Å². The van der Waals surface area contributed by atoms with E-state index in [9.17, 15) is 18.0 Å². The number of alkyl halides is 3. The van der Waals surface area contributed by atoms with Gasteiger partial charge in [-0.05, 0) is 35.9 Å². The summed E-state index contributed by atoms with van der Waals surface area (Å²) in [6.45, 7) is -0.0947. The highest BCUT2D eigenvalue weighted by atomic mass is 19.4. The van der Waals surface area contributed by atoms with Crippen LogP contribution < -0.4 is 15.5 Å². The number of hydrogen-bond donors (Lipinski definition) is 2. The minimum atomic E-state index is -4.44. The molecule has 0 atom stereocenters. The fourth-order valence-corrected chi connectivity index (χ4v) is 2.02. The molecule has 0 fully saturated rings. The summed E-state index contributed by atoms with van der Waals surface area (Å²) in [5, 5.41) is 6.40. The summed E-state index contributed by atoms with van der Waals surface area (Å²) in [7, 11) is 0. The molecule has 0 unspecified atom stereocenters. The molecule has 5 nitrogen and oxygen atoms in total. The molecule has 0 saturated carbocycles. The number of nitrogens with zero attached hydrogens (tertiary/aromatic N) is 1. The van der Waals surface area contributed by atoms with Crippen molar-refractivity contribution in [1.82, 2.24) is 5.43 Å². The number of terminal acetylenes is 1. The van der Waals surface area contributed by atoms with Crippen LogP contribution in [0.25, 0.3) is 0 Å². The van der Waals surface area contributed by atoms with E-state index in [0.29, 0.717) is 11.3 Å². The number of amides is 1. The molecule has 1 amide bonds. The maximum atomic E-state index is 12.6. The van der Waals surface area contributed by atoms with Crippen LogP contribution in [0.3, 0.4) is 0 Å². The first-order valence-electron chi connectivity index (χ1n) is 7.78. The van der Waals surface area contributed by atoms with E-state index in [-0.39, 0.29) is 18.8 Å². The van der Waals surface area contributed by atoms with Gasteiger partial charge in [-0.2, -0.15) is 18.3 Å². The zero-order valence-corrected chi connectivity index (χ0v) is 14.1. The van der Waals surface area contributed by atoms with Crippen LogP contribution >= 0.6 is 0 Å². The Kier molecular flexibility index (Phi) is 6.83. The van der Waals surface area contributed by atoms with Gasteiger partial charge >= 0.3 is 6.18 Å². The van der Waals surface area contributed by atoms with Crippen LogP contribution in [-0.2, 0) is 11.0 Å². The molecule has 140 valence electrons. The zero-order valence-electron chi connectivity index (χ0n) is 14.1. The predicted octanol–water partition coefficient (Wildman–Crippen LogP) is 3.28. The Hall–Kier alpha value is -3.47. The Bertz CT molecular complexity index is 858. The number of ether oxygens (including phenoxy) is 1. The molecule has 2 aromatic carbocycles. The third-order valence-corrected chi connectivity index (χ3v) is 3.23. The van der Waals surface area contributed by atoms with Gasteiger partial charge in [-0.3, -0.25) is 4.79 Å². The van der Waals surface area contributed by atoms with Crippen LogP contribution in [0.4, 0.5) is 18.9 Å². The minimum Gasteiger partial charge on any atom is -0.481 e. The van der Waals surface area contributed by atoms with Crippen molar-refractivity contribution < 1.29 is 22.7 Å². The van der Waals surface area contributed by atoms with Crippen LogP contribution in [0, 0.1) is 12.3 Å². The number of halogens is 3. The van der Waals surface area contributed by atoms with E-state index in [1.165, 1.54) is 18.3 Å². The van der Waals surface area contributed by atoms with E-state index >= 15 is 0 Å². The molecule has 0 aliphatic carbocycles. The first-order valence-corrected chi connectivity index (χ1v) is 7.78. The average molecular weight is 375 g/mol. The lowest BCUT2D eigenvalue weighted by Gasteiger charge is -2.10. The van der Waals surface area contributed by atoms with E-state index in [1.54, 1.807) is 24.3 Å². The summed E-state index contributed by atoms with van der Waals surface area (Å²) >= 11 is 0.